The third-order valence-corrected chi connectivity index (χ3v) is 5.17. The summed E-state index contributed by atoms with van der Waals surface area (Å²) >= 11 is 0. The smallest absolute Gasteiger partial charge is 0.244 e. The molecule has 0 aromatic heterocycles. The van der Waals surface area contributed by atoms with E-state index < -0.39 is 0 Å². The SMILES string of the molecule is CN(CCOc1cccc(CNC(=O)/C=C/c2cccc(F)c2)c1)C1CCOCC1. The van der Waals surface area contributed by atoms with Crippen LogP contribution in [0.2, 0.25) is 0 Å². The molecular weight excluding hydrogens is 383 g/mol. The van der Waals surface area contributed by atoms with Gasteiger partial charge in [-0.3, -0.25) is 9.69 Å². The lowest BCUT2D eigenvalue weighted by Crippen LogP contribution is -2.38. The maximum Gasteiger partial charge on any atom is 0.244 e. The highest BCUT2D eigenvalue weighted by Crippen LogP contribution is 2.15. The Labute approximate surface area is 177 Å². The van der Waals surface area contributed by atoms with Gasteiger partial charge >= 0.3 is 0 Å². The van der Waals surface area contributed by atoms with Gasteiger partial charge in [0.05, 0.1) is 0 Å². The molecular formula is C24H29FN2O3. The molecule has 2 aromatic carbocycles. The fourth-order valence-electron chi connectivity index (χ4n) is 3.39. The first-order valence-corrected chi connectivity index (χ1v) is 10.3. The minimum Gasteiger partial charge on any atom is -0.492 e. The Bertz CT molecular complexity index is 850. The van der Waals surface area contributed by atoms with Gasteiger partial charge < -0.3 is 14.8 Å². The normalized spacial score (nSPS) is 14.9. The Balaban J connectivity index is 1.41. The van der Waals surface area contributed by atoms with Gasteiger partial charge in [-0.25, -0.2) is 4.39 Å². The molecule has 0 radical (unpaired) electrons. The molecule has 0 unspecified atom stereocenters. The first kappa shape index (κ1) is 22.0. The van der Waals surface area contributed by atoms with E-state index in [2.05, 4.69) is 17.3 Å². The molecule has 1 fully saturated rings. The molecule has 1 saturated heterocycles. The Kier molecular flexibility index (Phi) is 8.41. The van der Waals surface area contributed by atoms with Crippen molar-refractivity contribution in [2.75, 3.05) is 33.4 Å². The second-order valence-electron chi connectivity index (χ2n) is 7.43. The van der Waals surface area contributed by atoms with Gasteiger partial charge in [0, 0.05) is 38.4 Å². The van der Waals surface area contributed by atoms with E-state index in [1.165, 1.54) is 18.2 Å². The van der Waals surface area contributed by atoms with Gasteiger partial charge in [0.25, 0.3) is 0 Å². The Morgan fingerprint density at radius 1 is 1.23 bits per heavy atom. The van der Waals surface area contributed by atoms with Crippen molar-refractivity contribution in [2.24, 2.45) is 0 Å². The second kappa shape index (κ2) is 11.5. The zero-order chi connectivity index (χ0) is 21.2. The molecule has 1 heterocycles. The van der Waals surface area contributed by atoms with Crippen LogP contribution in [0.1, 0.15) is 24.0 Å². The molecule has 1 aliphatic heterocycles. The number of carbonyl (C=O) groups is 1. The second-order valence-corrected chi connectivity index (χ2v) is 7.43. The van der Waals surface area contributed by atoms with Crippen LogP contribution in [-0.2, 0) is 16.1 Å². The summed E-state index contributed by atoms with van der Waals surface area (Å²) < 4.78 is 24.5. The minimum absolute atomic E-state index is 0.233. The van der Waals surface area contributed by atoms with Crippen molar-refractivity contribution in [1.29, 1.82) is 0 Å². The monoisotopic (exact) mass is 412 g/mol. The molecule has 1 aliphatic rings. The topological polar surface area (TPSA) is 50.8 Å². The zero-order valence-corrected chi connectivity index (χ0v) is 17.4. The van der Waals surface area contributed by atoms with Crippen LogP contribution < -0.4 is 10.1 Å². The number of rotatable bonds is 9. The third-order valence-electron chi connectivity index (χ3n) is 5.17. The van der Waals surface area contributed by atoms with Crippen molar-refractivity contribution in [3.05, 3.63) is 71.6 Å². The highest BCUT2D eigenvalue weighted by Gasteiger charge is 2.17. The lowest BCUT2D eigenvalue weighted by atomic mass is 10.1. The summed E-state index contributed by atoms with van der Waals surface area (Å²) in [4.78, 5) is 14.4. The van der Waals surface area contributed by atoms with Crippen LogP contribution in [0.3, 0.4) is 0 Å². The number of hydrogen-bond acceptors (Lipinski definition) is 4. The summed E-state index contributed by atoms with van der Waals surface area (Å²) in [6, 6.07) is 14.4. The van der Waals surface area contributed by atoms with E-state index >= 15 is 0 Å². The van der Waals surface area contributed by atoms with Crippen LogP contribution in [-0.4, -0.2) is 50.3 Å². The third kappa shape index (κ3) is 7.28. The van der Waals surface area contributed by atoms with E-state index in [-0.39, 0.29) is 11.7 Å². The number of likely N-dealkylation sites (N-methyl/N-ethyl adjacent to an activating group) is 1. The minimum atomic E-state index is -0.326. The number of halogens is 1. The molecule has 1 amide bonds. The fourth-order valence-corrected chi connectivity index (χ4v) is 3.39. The van der Waals surface area contributed by atoms with Crippen molar-refractivity contribution in [3.8, 4) is 5.75 Å². The lowest BCUT2D eigenvalue weighted by Gasteiger charge is -2.31. The van der Waals surface area contributed by atoms with Gasteiger partial charge in [0.15, 0.2) is 0 Å². The number of benzene rings is 2. The summed E-state index contributed by atoms with van der Waals surface area (Å²) in [6.45, 7) is 3.53. The highest BCUT2D eigenvalue weighted by atomic mass is 19.1. The van der Waals surface area contributed by atoms with Crippen LogP contribution in [0.15, 0.2) is 54.6 Å². The average Bonchev–Trinajstić information content (AvgIpc) is 2.77. The largest absolute Gasteiger partial charge is 0.492 e. The number of nitrogens with zero attached hydrogens (tertiary/aromatic N) is 1. The van der Waals surface area contributed by atoms with Crippen LogP contribution >= 0.6 is 0 Å². The first-order chi connectivity index (χ1) is 14.6. The predicted molar refractivity (Wildman–Crippen MR) is 116 cm³/mol. The molecule has 0 bridgehead atoms. The van der Waals surface area contributed by atoms with Crippen molar-refractivity contribution in [1.82, 2.24) is 10.2 Å². The molecule has 5 nitrogen and oxygen atoms in total. The van der Waals surface area contributed by atoms with Gasteiger partial charge in [0.2, 0.25) is 5.91 Å². The van der Waals surface area contributed by atoms with Crippen molar-refractivity contribution >= 4 is 12.0 Å². The van der Waals surface area contributed by atoms with Crippen LogP contribution in [0.4, 0.5) is 4.39 Å². The zero-order valence-electron chi connectivity index (χ0n) is 17.4. The van der Waals surface area contributed by atoms with E-state index in [4.69, 9.17) is 9.47 Å². The summed E-state index contributed by atoms with van der Waals surface area (Å²) in [6.07, 6.45) is 5.13. The van der Waals surface area contributed by atoms with E-state index in [9.17, 15) is 9.18 Å². The van der Waals surface area contributed by atoms with Crippen molar-refractivity contribution in [2.45, 2.75) is 25.4 Å². The molecule has 0 atom stereocenters. The maximum absolute atomic E-state index is 13.2. The molecule has 160 valence electrons. The Hall–Kier alpha value is -2.70. The van der Waals surface area contributed by atoms with E-state index in [1.54, 1.807) is 18.2 Å². The maximum atomic E-state index is 13.2. The molecule has 1 N–H and O–H groups in total. The Morgan fingerprint density at radius 2 is 2.03 bits per heavy atom. The van der Waals surface area contributed by atoms with Gasteiger partial charge in [0.1, 0.15) is 18.2 Å². The number of carbonyl (C=O) groups excluding carboxylic acids is 1. The lowest BCUT2D eigenvalue weighted by molar-refractivity contribution is -0.116. The van der Waals surface area contributed by atoms with Gasteiger partial charge in [-0.1, -0.05) is 24.3 Å². The number of hydrogen-bond donors (Lipinski definition) is 1. The standard InChI is InChI=1S/C24H29FN2O3/c1-27(22-10-13-29-14-11-22)12-15-30-23-7-3-5-20(17-23)18-26-24(28)9-8-19-4-2-6-21(25)16-19/h2-9,16-17,22H,10-15,18H2,1H3,(H,26,28)/b9-8+. The molecule has 0 spiro atoms. The summed E-state index contributed by atoms with van der Waals surface area (Å²) in [5.41, 5.74) is 1.60. The molecule has 0 saturated carbocycles. The summed E-state index contributed by atoms with van der Waals surface area (Å²) in [5, 5.41) is 2.83. The molecule has 6 heteroatoms. The van der Waals surface area contributed by atoms with E-state index in [1.807, 2.05) is 24.3 Å². The van der Waals surface area contributed by atoms with E-state index in [0.717, 1.165) is 43.9 Å². The molecule has 3 rings (SSSR count). The molecule has 2 aromatic rings. The van der Waals surface area contributed by atoms with E-state index in [0.29, 0.717) is 24.8 Å². The van der Waals surface area contributed by atoms with Gasteiger partial charge in [-0.2, -0.15) is 0 Å². The highest BCUT2D eigenvalue weighted by molar-refractivity contribution is 5.91. The average molecular weight is 413 g/mol. The van der Waals surface area contributed by atoms with Gasteiger partial charge in [-0.15, -0.1) is 0 Å². The van der Waals surface area contributed by atoms with Crippen LogP contribution in [0.25, 0.3) is 6.08 Å². The van der Waals surface area contributed by atoms with Crippen molar-refractivity contribution in [3.63, 3.8) is 0 Å². The van der Waals surface area contributed by atoms with Gasteiger partial charge in [-0.05, 0) is 61.4 Å². The molecule has 30 heavy (non-hydrogen) atoms. The summed E-state index contributed by atoms with van der Waals surface area (Å²) in [7, 11) is 2.13. The molecule has 0 aliphatic carbocycles. The fraction of sp³-hybridized carbons (Fsp3) is 0.375. The quantitative estimate of drug-likeness (QED) is 0.639. The first-order valence-electron chi connectivity index (χ1n) is 10.3. The number of amides is 1. The Morgan fingerprint density at radius 3 is 2.83 bits per heavy atom. The van der Waals surface area contributed by atoms with Crippen LogP contribution in [0, 0.1) is 5.82 Å². The summed E-state index contributed by atoms with van der Waals surface area (Å²) in [5.74, 6) is 0.231. The number of ether oxygens (including phenoxy) is 2. The number of nitrogens with one attached hydrogen (secondary N) is 1. The predicted octanol–water partition coefficient (Wildman–Crippen LogP) is 3.64. The van der Waals surface area contributed by atoms with Crippen LogP contribution in [0.5, 0.6) is 5.75 Å². The van der Waals surface area contributed by atoms with Crippen molar-refractivity contribution < 1.29 is 18.7 Å².